The Morgan fingerprint density at radius 3 is 2.38 bits per heavy atom. The first-order valence-corrected chi connectivity index (χ1v) is 12.1. The number of hydrogen-bond acceptors (Lipinski definition) is 6. The van der Waals surface area contributed by atoms with Crippen LogP contribution in [0.25, 0.3) is 0 Å². The summed E-state index contributed by atoms with van der Waals surface area (Å²) >= 11 is 0. The predicted octanol–water partition coefficient (Wildman–Crippen LogP) is 3.47. The van der Waals surface area contributed by atoms with Crippen LogP contribution in [0.2, 0.25) is 0 Å². The van der Waals surface area contributed by atoms with Gasteiger partial charge in [0.15, 0.2) is 11.5 Å². The average Bonchev–Trinajstić information content (AvgIpc) is 2.77. The average molecular weight is 469 g/mol. The fourth-order valence-corrected chi connectivity index (χ4v) is 4.08. The first-order chi connectivity index (χ1) is 15.3. The van der Waals surface area contributed by atoms with Crippen LogP contribution in [0.3, 0.4) is 0 Å². The summed E-state index contributed by atoms with van der Waals surface area (Å²) in [5, 5.41) is 3.28. The lowest BCUT2D eigenvalue weighted by molar-refractivity contribution is 0.266. The first kappa shape index (κ1) is 25.9. The summed E-state index contributed by atoms with van der Waals surface area (Å²) in [6.45, 7) is 4.24. The fourth-order valence-electron chi connectivity index (χ4n) is 2.98. The van der Waals surface area contributed by atoms with Crippen LogP contribution < -0.4 is 19.5 Å². The number of nitrogens with one attached hydrogen (secondary N) is 1. The number of benzene rings is 2. The lowest BCUT2D eigenvalue weighted by atomic mass is 10.1. The monoisotopic (exact) mass is 468 g/mol. The smallest absolute Gasteiger partial charge is 0.246 e. The summed E-state index contributed by atoms with van der Waals surface area (Å²) < 4.78 is 56.2. The van der Waals surface area contributed by atoms with E-state index < -0.39 is 10.0 Å². The lowest BCUT2D eigenvalue weighted by Gasteiger charge is -2.15. The van der Waals surface area contributed by atoms with Gasteiger partial charge in [0.1, 0.15) is 23.1 Å². The molecule has 2 rings (SSSR count). The maximum atomic E-state index is 13.5. The molecule has 0 radical (unpaired) electrons. The Morgan fingerprint density at radius 2 is 1.69 bits per heavy atom. The Labute approximate surface area is 190 Å². The third kappa shape index (κ3) is 7.36. The van der Waals surface area contributed by atoms with E-state index in [-0.39, 0.29) is 10.7 Å². The Balaban J connectivity index is 1.80. The summed E-state index contributed by atoms with van der Waals surface area (Å²) in [5.41, 5.74) is 0.918. The van der Waals surface area contributed by atoms with Crippen molar-refractivity contribution in [2.24, 2.45) is 0 Å². The van der Waals surface area contributed by atoms with Gasteiger partial charge in [0.25, 0.3) is 0 Å². The fraction of sp³-hybridized carbons (Fsp3) is 0.478. The van der Waals surface area contributed by atoms with Gasteiger partial charge in [-0.15, -0.1) is 0 Å². The van der Waals surface area contributed by atoms with Crippen molar-refractivity contribution in [3.8, 4) is 17.2 Å². The van der Waals surface area contributed by atoms with E-state index in [1.54, 1.807) is 18.2 Å². The summed E-state index contributed by atoms with van der Waals surface area (Å²) in [7, 11) is 0.865. The molecule has 0 spiro atoms. The van der Waals surface area contributed by atoms with Crippen LogP contribution in [0.1, 0.15) is 25.3 Å². The SMILES string of the molecule is CCCOc1ccc(F)cc1OCCNCCCc1ccc(OC)c(S(=O)(=O)N(C)C)c1. The second-order valence-corrected chi connectivity index (χ2v) is 9.53. The van der Waals surface area contributed by atoms with Crippen molar-refractivity contribution >= 4 is 10.0 Å². The van der Waals surface area contributed by atoms with E-state index in [9.17, 15) is 12.8 Å². The van der Waals surface area contributed by atoms with Crippen LogP contribution in [0.15, 0.2) is 41.3 Å². The topological polar surface area (TPSA) is 77.1 Å². The van der Waals surface area contributed by atoms with Gasteiger partial charge < -0.3 is 19.5 Å². The number of ether oxygens (including phenoxy) is 3. The highest BCUT2D eigenvalue weighted by Crippen LogP contribution is 2.28. The molecule has 2 aromatic carbocycles. The van der Waals surface area contributed by atoms with Crippen molar-refractivity contribution in [2.45, 2.75) is 31.1 Å². The predicted molar refractivity (Wildman–Crippen MR) is 123 cm³/mol. The summed E-state index contributed by atoms with van der Waals surface area (Å²) in [4.78, 5) is 0.167. The molecule has 0 aliphatic carbocycles. The molecule has 7 nitrogen and oxygen atoms in total. The number of halogens is 1. The first-order valence-electron chi connectivity index (χ1n) is 10.6. The number of aryl methyl sites for hydroxylation is 1. The Bertz CT molecular complexity index is 967. The van der Waals surface area contributed by atoms with Crippen molar-refractivity contribution in [3.05, 3.63) is 47.8 Å². The van der Waals surface area contributed by atoms with E-state index >= 15 is 0 Å². The van der Waals surface area contributed by atoms with Gasteiger partial charge in [-0.2, -0.15) is 0 Å². The molecule has 0 heterocycles. The third-order valence-electron chi connectivity index (χ3n) is 4.71. The maximum Gasteiger partial charge on any atom is 0.246 e. The summed E-state index contributed by atoms with van der Waals surface area (Å²) in [5.74, 6) is 0.897. The maximum absolute atomic E-state index is 13.5. The second kappa shape index (κ2) is 12.6. The number of nitrogens with zero attached hydrogens (tertiary/aromatic N) is 1. The molecule has 9 heteroatoms. The van der Waals surface area contributed by atoms with Crippen LogP contribution in [-0.2, 0) is 16.4 Å². The van der Waals surface area contributed by atoms with Crippen LogP contribution in [-0.4, -0.2) is 60.2 Å². The van der Waals surface area contributed by atoms with Gasteiger partial charge in [0.2, 0.25) is 10.0 Å². The quantitative estimate of drug-likeness (QED) is 0.428. The zero-order valence-corrected chi connectivity index (χ0v) is 20.0. The normalized spacial score (nSPS) is 11.6. The molecule has 0 atom stereocenters. The number of methoxy groups -OCH3 is 1. The van der Waals surface area contributed by atoms with E-state index in [0.29, 0.717) is 43.4 Å². The lowest BCUT2D eigenvalue weighted by Crippen LogP contribution is -2.23. The molecule has 178 valence electrons. The number of sulfonamides is 1. The molecule has 0 saturated heterocycles. The molecule has 0 saturated carbocycles. The number of hydrogen-bond donors (Lipinski definition) is 1. The molecule has 0 unspecified atom stereocenters. The van der Waals surface area contributed by atoms with Gasteiger partial charge in [0, 0.05) is 26.7 Å². The Kier molecular flexibility index (Phi) is 10.2. The largest absolute Gasteiger partial charge is 0.495 e. The van der Waals surface area contributed by atoms with Crippen molar-refractivity contribution in [2.75, 3.05) is 47.5 Å². The molecule has 0 fully saturated rings. The second-order valence-electron chi connectivity index (χ2n) is 7.41. The van der Waals surface area contributed by atoms with Gasteiger partial charge in [-0.25, -0.2) is 17.1 Å². The third-order valence-corrected chi connectivity index (χ3v) is 6.55. The number of rotatable bonds is 14. The van der Waals surface area contributed by atoms with Crippen molar-refractivity contribution in [1.82, 2.24) is 9.62 Å². The van der Waals surface area contributed by atoms with Crippen LogP contribution in [0.4, 0.5) is 4.39 Å². The molecule has 32 heavy (non-hydrogen) atoms. The summed E-state index contributed by atoms with van der Waals surface area (Å²) in [6, 6.07) is 9.48. The minimum atomic E-state index is -3.58. The molecule has 1 N–H and O–H groups in total. The van der Waals surface area contributed by atoms with Crippen molar-refractivity contribution in [3.63, 3.8) is 0 Å². The van der Waals surface area contributed by atoms with E-state index in [2.05, 4.69) is 5.32 Å². The van der Waals surface area contributed by atoms with E-state index in [0.717, 1.165) is 24.9 Å². The van der Waals surface area contributed by atoms with E-state index in [4.69, 9.17) is 14.2 Å². The van der Waals surface area contributed by atoms with Crippen LogP contribution in [0, 0.1) is 5.82 Å². The molecule has 0 aliphatic heterocycles. The van der Waals surface area contributed by atoms with Crippen molar-refractivity contribution < 1.29 is 27.0 Å². The zero-order chi connectivity index (χ0) is 23.6. The van der Waals surface area contributed by atoms with Crippen LogP contribution in [0.5, 0.6) is 17.2 Å². The van der Waals surface area contributed by atoms with Gasteiger partial charge in [-0.1, -0.05) is 13.0 Å². The minimum Gasteiger partial charge on any atom is -0.495 e. The highest BCUT2D eigenvalue weighted by molar-refractivity contribution is 7.89. The van der Waals surface area contributed by atoms with Gasteiger partial charge in [-0.3, -0.25) is 0 Å². The van der Waals surface area contributed by atoms with Gasteiger partial charge in [-0.05, 0) is 55.6 Å². The molecule has 0 aliphatic rings. The van der Waals surface area contributed by atoms with Crippen molar-refractivity contribution in [1.29, 1.82) is 0 Å². The minimum absolute atomic E-state index is 0.167. The Morgan fingerprint density at radius 1 is 0.969 bits per heavy atom. The highest BCUT2D eigenvalue weighted by Gasteiger charge is 2.22. The molecule has 2 aromatic rings. The molecule has 0 amide bonds. The van der Waals surface area contributed by atoms with E-state index in [1.807, 2.05) is 13.0 Å². The molecule has 0 aromatic heterocycles. The van der Waals surface area contributed by atoms with E-state index in [1.165, 1.54) is 37.6 Å². The molecule has 0 bridgehead atoms. The van der Waals surface area contributed by atoms with Crippen LogP contribution >= 0.6 is 0 Å². The summed E-state index contributed by atoms with van der Waals surface area (Å²) in [6.07, 6.45) is 2.39. The van der Waals surface area contributed by atoms with Gasteiger partial charge >= 0.3 is 0 Å². The van der Waals surface area contributed by atoms with Gasteiger partial charge in [0.05, 0.1) is 13.7 Å². The molecular formula is C23H33FN2O5S. The Hall–Kier alpha value is -2.36. The zero-order valence-electron chi connectivity index (χ0n) is 19.2. The standard InChI is InChI=1S/C23H33FN2O5S/c1-5-14-30-20-11-9-19(24)17-22(20)31-15-13-25-12-6-7-18-8-10-21(29-4)23(16-18)32(27,28)26(2)3/h8-11,16-17,25H,5-7,12-15H2,1-4H3. The highest BCUT2D eigenvalue weighted by atomic mass is 32.2. The molecular weight excluding hydrogens is 435 g/mol.